The summed E-state index contributed by atoms with van der Waals surface area (Å²) in [5.41, 5.74) is 3.50. The van der Waals surface area contributed by atoms with Crippen LogP contribution in [-0.2, 0) is 6.54 Å². The third-order valence-electron chi connectivity index (χ3n) is 5.95. The molecule has 0 fully saturated rings. The van der Waals surface area contributed by atoms with Gasteiger partial charge >= 0.3 is 6.03 Å². The first-order valence-corrected chi connectivity index (χ1v) is 11.7. The van der Waals surface area contributed by atoms with Gasteiger partial charge in [0.25, 0.3) is 0 Å². The maximum absolute atomic E-state index is 14.0. The van der Waals surface area contributed by atoms with Crippen LogP contribution >= 0.6 is 0 Å². The third-order valence-corrected chi connectivity index (χ3v) is 5.95. The number of hydrogen-bond acceptors (Lipinski definition) is 4. The number of para-hydroxylation sites is 2. The molecule has 0 saturated heterocycles. The number of nitrogens with one attached hydrogen (secondary N) is 1. The van der Waals surface area contributed by atoms with Gasteiger partial charge in [0.1, 0.15) is 5.75 Å². The molecule has 6 heteroatoms. The van der Waals surface area contributed by atoms with E-state index in [0.717, 1.165) is 16.7 Å². The number of nitrogens with zero attached hydrogens (tertiary/aromatic N) is 1. The van der Waals surface area contributed by atoms with Crippen molar-refractivity contribution in [1.82, 2.24) is 4.90 Å². The molecule has 0 bridgehead atoms. The van der Waals surface area contributed by atoms with Crippen molar-refractivity contribution in [3.8, 4) is 17.2 Å². The van der Waals surface area contributed by atoms with Gasteiger partial charge in [-0.25, -0.2) is 4.79 Å². The van der Waals surface area contributed by atoms with Crippen molar-refractivity contribution in [2.45, 2.75) is 12.6 Å². The van der Waals surface area contributed by atoms with E-state index in [1.165, 1.54) is 0 Å². The first-order valence-electron chi connectivity index (χ1n) is 11.7. The van der Waals surface area contributed by atoms with Crippen LogP contribution in [0.1, 0.15) is 22.7 Å². The molecular formula is C30H30N2O4. The lowest BCUT2D eigenvalue weighted by Crippen LogP contribution is -2.38. The molecule has 184 valence electrons. The van der Waals surface area contributed by atoms with E-state index in [9.17, 15) is 4.79 Å². The van der Waals surface area contributed by atoms with Crippen molar-refractivity contribution in [1.29, 1.82) is 0 Å². The Labute approximate surface area is 212 Å². The average Bonchev–Trinajstić information content (AvgIpc) is 2.94. The van der Waals surface area contributed by atoms with Crippen molar-refractivity contribution >= 4 is 11.7 Å². The summed E-state index contributed by atoms with van der Waals surface area (Å²) in [5.74, 6) is 1.83. The molecular weight excluding hydrogens is 452 g/mol. The molecule has 1 N–H and O–H groups in total. The summed E-state index contributed by atoms with van der Waals surface area (Å²) in [6, 6.07) is 32.5. The zero-order valence-electron chi connectivity index (χ0n) is 20.7. The van der Waals surface area contributed by atoms with Gasteiger partial charge in [-0.2, -0.15) is 0 Å². The lowest BCUT2D eigenvalue weighted by atomic mass is 9.96. The highest BCUT2D eigenvalue weighted by Gasteiger charge is 2.28. The van der Waals surface area contributed by atoms with E-state index in [-0.39, 0.29) is 12.1 Å². The van der Waals surface area contributed by atoms with Gasteiger partial charge in [0, 0.05) is 6.54 Å². The van der Waals surface area contributed by atoms with Crippen molar-refractivity contribution in [3.63, 3.8) is 0 Å². The van der Waals surface area contributed by atoms with Crippen molar-refractivity contribution in [2.75, 3.05) is 26.6 Å². The zero-order chi connectivity index (χ0) is 25.3. The van der Waals surface area contributed by atoms with Crippen LogP contribution in [0.15, 0.2) is 103 Å². The minimum absolute atomic E-state index is 0.257. The van der Waals surface area contributed by atoms with Crippen LogP contribution in [0.3, 0.4) is 0 Å². The van der Waals surface area contributed by atoms with Crippen LogP contribution in [-0.4, -0.2) is 32.3 Å². The van der Waals surface area contributed by atoms with E-state index in [2.05, 4.69) is 5.32 Å². The lowest BCUT2D eigenvalue weighted by molar-refractivity contribution is 0.194. The second kappa shape index (κ2) is 11.8. The van der Waals surface area contributed by atoms with Crippen molar-refractivity contribution < 1.29 is 19.0 Å². The molecule has 0 aromatic heterocycles. The van der Waals surface area contributed by atoms with Gasteiger partial charge in [0.2, 0.25) is 0 Å². The molecule has 6 nitrogen and oxygen atoms in total. The molecule has 0 saturated carbocycles. The van der Waals surface area contributed by atoms with E-state index in [1.807, 2.05) is 108 Å². The Bertz CT molecular complexity index is 1240. The van der Waals surface area contributed by atoms with Crippen molar-refractivity contribution in [2.24, 2.45) is 0 Å². The van der Waals surface area contributed by atoms with Crippen LogP contribution in [0.5, 0.6) is 17.2 Å². The Morgan fingerprint density at radius 3 is 1.83 bits per heavy atom. The smallest absolute Gasteiger partial charge is 0.323 e. The molecule has 0 atom stereocenters. The fourth-order valence-electron chi connectivity index (χ4n) is 4.21. The molecule has 0 radical (unpaired) electrons. The van der Waals surface area contributed by atoms with Gasteiger partial charge < -0.3 is 24.4 Å². The fourth-order valence-corrected chi connectivity index (χ4v) is 4.21. The van der Waals surface area contributed by atoms with Gasteiger partial charge in [-0.05, 0) is 41.0 Å². The number of urea groups is 1. The number of carbonyl (C=O) groups is 1. The van der Waals surface area contributed by atoms with Gasteiger partial charge in [-0.15, -0.1) is 0 Å². The van der Waals surface area contributed by atoms with Gasteiger partial charge in [-0.1, -0.05) is 78.9 Å². The lowest BCUT2D eigenvalue weighted by Gasteiger charge is -2.33. The third kappa shape index (κ3) is 5.61. The molecule has 0 spiro atoms. The number of anilines is 1. The summed E-state index contributed by atoms with van der Waals surface area (Å²) in [4.78, 5) is 15.8. The van der Waals surface area contributed by atoms with Gasteiger partial charge in [0.15, 0.2) is 11.5 Å². The van der Waals surface area contributed by atoms with Crippen LogP contribution < -0.4 is 19.5 Å². The summed E-state index contributed by atoms with van der Waals surface area (Å²) in [5, 5.41) is 3.06. The van der Waals surface area contributed by atoms with Crippen molar-refractivity contribution in [3.05, 3.63) is 120 Å². The Kier molecular flexibility index (Phi) is 8.08. The van der Waals surface area contributed by atoms with E-state index in [0.29, 0.717) is 29.5 Å². The summed E-state index contributed by atoms with van der Waals surface area (Å²) >= 11 is 0. The van der Waals surface area contributed by atoms with Gasteiger partial charge in [0.05, 0.1) is 33.1 Å². The number of carbonyl (C=O) groups excluding carboxylic acids is 1. The molecule has 4 rings (SSSR count). The predicted octanol–water partition coefficient (Wildman–Crippen LogP) is 6.54. The summed E-state index contributed by atoms with van der Waals surface area (Å²) < 4.78 is 16.4. The molecule has 36 heavy (non-hydrogen) atoms. The Balaban J connectivity index is 1.79. The van der Waals surface area contributed by atoms with Gasteiger partial charge in [-0.3, -0.25) is 0 Å². The highest BCUT2D eigenvalue weighted by Crippen LogP contribution is 2.34. The zero-order valence-corrected chi connectivity index (χ0v) is 20.7. The number of benzene rings is 4. The summed E-state index contributed by atoms with van der Waals surface area (Å²) in [6.07, 6.45) is 0. The Morgan fingerprint density at radius 2 is 1.25 bits per heavy atom. The molecule has 4 aromatic carbocycles. The Morgan fingerprint density at radius 1 is 0.694 bits per heavy atom. The first kappa shape index (κ1) is 24.7. The number of ether oxygens (including phenoxy) is 3. The van der Waals surface area contributed by atoms with E-state index in [4.69, 9.17) is 14.2 Å². The van der Waals surface area contributed by atoms with Crippen LogP contribution in [0, 0.1) is 0 Å². The quantitative estimate of drug-likeness (QED) is 0.294. The number of methoxy groups -OCH3 is 3. The number of hydrogen-bond donors (Lipinski definition) is 1. The minimum Gasteiger partial charge on any atom is -0.495 e. The van der Waals surface area contributed by atoms with E-state index >= 15 is 0 Å². The second-order valence-corrected chi connectivity index (χ2v) is 8.17. The highest BCUT2D eigenvalue weighted by molar-refractivity contribution is 5.91. The first-order chi connectivity index (χ1) is 17.6. The number of rotatable bonds is 9. The van der Waals surface area contributed by atoms with Crippen LogP contribution in [0.2, 0.25) is 0 Å². The summed E-state index contributed by atoms with van der Waals surface area (Å²) in [6.45, 7) is 0.329. The normalized spacial score (nSPS) is 10.6. The number of amides is 2. The molecule has 2 amide bonds. The standard InChI is InChI=1S/C30H30N2O4/c1-34-26-17-11-10-16-25(26)31-30(33)32(21-22-18-19-27(35-2)28(20-22)36-3)29(23-12-6-4-7-13-23)24-14-8-5-9-15-24/h4-20,29H,21H2,1-3H3,(H,31,33). The topological polar surface area (TPSA) is 60.0 Å². The molecule has 0 aliphatic heterocycles. The largest absolute Gasteiger partial charge is 0.495 e. The molecule has 4 aromatic rings. The van der Waals surface area contributed by atoms with Crippen LogP contribution in [0.4, 0.5) is 10.5 Å². The second-order valence-electron chi connectivity index (χ2n) is 8.17. The maximum Gasteiger partial charge on any atom is 0.323 e. The highest BCUT2D eigenvalue weighted by atomic mass is 16.5. The maximum atomic E-state index is 14.0. The summed E-state index contributed by atoms with van der Waals surface area (Å²) in [7, 11) is 4.79. The fraction of sp³-hybridized carbons (Fsp3) is 0.167. The molecule has 0 heterocycles. The predicted molar refractivity (Wildman–Crippen MR) is 142 cm³/mol. The molecule has 0 aliphatic carbocycles. The monoisotopic (exact) mass is 482 g/mol. The average molecular weight is 483 g/mol. The Hall–Kier alpha value is -4.45. The van der Waals surface area contributed by atoms with E-state index < -0.39 is 0 Å². The molecule has 0 aliphatic rings. The SMILES string of the molecule is COc1ccccc1NC(=O)N(Cc1ccc(OC)c(OC)c1)C(c1ccccc1)c1ccccc1. The van der Waals surface area contributed by atoms with Crippen LogP contribution in [0.25, 0.3) is 0 Å². The minimum atomic E-state index is -0.338. The molecule has 0 unspecified atom stereocenters. The van der Waals surface area contributed by atoms with E-state index in [1.54, 1.807) is 21.3 Å².